The molecule has 13 heteroatoms. The molecule has 2 amide bonds. The molecule has 0 unspecified atom stereocenters. The molecule has 0 aliphatic heterocycles. The Morgan fingerprint density at radius 3 is 2.54 bits per heavy atom. The van der Waals surface area contributed by atoms with Crippen molar-refractivity contribution in [3.8, 4) is 11.3 Å². The number of hydrogen-bond acceptors (Lipinski definition) is 7. The number of rotatable bonds is 7. The summed E-state index contributed by atoms with van der Waals surface area (Å²) in [5, 5.41) is 5.41. The zero-order valence-electron chi connectivity index (χ0n) is 24.5. The Balaban J connectivity index is 1.18. The van der Waals surface area contributed by atoms with Gasteiger partial charge in [0, 0.05) is 41.7 Å². The summed E-state index contributed by atoms with van der Waals surface area (Å²) in [5.41, 5.74) is 8.39. The normalized spacial score (nSPS) is 16.6. The molecule has 236 valence electrons. The third-order valence-corrected chi connectivity index (χ3v) is 7.93. The van der Waals surface area contributed by atoms with Gasteiger partial charge in [0.1, 0.15) is 35.3 Å². The molecule has 0 bridgehead atoms. The number of alkyl halides is 3. The van der Waals surface area contributed by atoms with Gasteiger partial charge in [-0.3, -0.25) is 9.20 Å². The zero-order valence-corrected chi connectivity index (χ0v) is 24.5. The highest BCUT2D eigenvalue weighted by Gasteiger charge is 2.31. The van der Waals surface area contributed by atoms with Gasteiger partial charge in [0.25, 0.3) is 5.91 Å². The number of carbonyl (C=O) groups excluding carboxylic acids is 2. The maximum absolute atomic E-state index is 13.1. The molecule has 2 atom stereocenters. The van der Waals surface area contributed by atoms with E-state index in [1.165, 1.54) is 0 Å². The molecule has 1 aliphatic rings. The van der Waals surface area contributed by atoms with Crippen molar-refractivity contribution in [2.45, 2.75) is 50.4 Å². The number of nitrogens with two attached hydrogens (primary N) is 1. The predicted molar refractivity (Wildman–Crippen MR) is 165 cm³/mol. The van der Waals surface area contributed by atoms with E-state index in [0.29, 0.717) is 23.2 Å². The average molecular weight is 630 g/mol. The van der Waals surface area contributed by atoms with E-state index in [4.69, 9.17) is 15.5 Å². The smallest absolute Gasteiger partial charge is 0.416 e. The van der Waals surface area contributed by atoms with Crippen LogP contribution in [0, 0.1) is 0 Å². The minimum Gasteiger partial charge on any atom is -0.445 e. The summed E-state index contributed by atoms with van der Waals surface area (Å²) in [6, 6.07) is 17.5. The predicted octanol–water partition coefficient (Wildman–Crippen LogP) is 6.60. The summed E-state index contributed by atoms with van der Waals surface area (Å²) >= 11 is 0. The second-order valence-electron chi connectivity index (χ2n) is 11.1. The van der Waals surface area contributed by atoms with Gasteiger partial charge in [-0.25, -0.2) is 19.7 Å². The van der Waals surface area contributed by atoms with Crippen LogP contribution in [0.1, 0.15) is 58.9 Å². The number of nitrogen functional groups attached to an aromatic ring is 1. The van der Waals surface area contributed by atoms with E-state index in [1.807, 2.05) is 34.7 Å². The Morgan fingerprint density at radius 2 is 1.78 bits per heavy atom. The summed E-state index contributed by atoms with van der Waals surface area (Å²) in [5.74, 6) is 0.251. The molecule has 1 fully saturated rings. The Kier molecular flexibility index (Phi) is 8.55. The van der Waals surface area contributed by atoms with Crippen molar-refractivity contribution >= 4 is 29.2 Å². The first kappa shape index (κ1) is 30.6. The van der Waals surface area contributed by atoms with Crippen molar-refractivity contribution in [3.63, 3.8) is 0 Å². The van der Waals surface area contributed by atoms with Crippen molar-refractivity contribution in [2.24, 2.45) is 0 Å². The number of nitrogens with zero attached hydrogens (tertiary/aromatic N) is 4. The molecular formula is C33H30F3N7O3. The fourth-order valence-corrected chi connectivity index (χ4v) is 5.71. The molecule has 5 aromatic rings. The molecule has 3 aromatic heterocycles. The standard InChI is InChI=1S/C33H30F3N7O3/c34-33(35,36)24-13-14-38-26(18-24)41-31(44)22-11-9-21(10-12-22)27-28-29(37)39-15-16-43(28)30(42-27)23-7-4-8-25(17-23)40-32(45)46-19-20-5-2-1-3-6-20/h1-3,5-6,9-16,18,23,25H,4,7-8,17,19H2,(H2,37,39)(H,40,45)(H,38,41,44)/t23-,25+/m1/s1. The summed E-state index contributed by atoms with van der Waals surface area (Å²) < 4.78 is 46.5. The van der Waals surface area contributed by atoms with Crippen molar-refractivity contribution in [3.05, 3.63) is 108 Å². The van der Waals surface area contributed by atoms with Gasteiger partial charge >= 0.3 is 12.3 Å². The summed E-state index contributed by atoms with van der Waals surface area (Å²) in [7, 11) is 0. The Morgan fingerprint density at radius 1 is 1.00 bits per heavy atom. The molecule has 3 heterocycles. The third-order valence-electron chi connectivity index (χ3n) is 7.93. The number of fused-ring (bicyclic) bond motifs is 1. The second-order valence-corrected chi connectivity index (χ2v) is 11.1. The van der Waals surface area contributed by atoms with Gasteiger partial charge in [0.05, 0.1) is 5.56 Å². The highest BCUT2D eigenvalue weighted by atomic mass is 19.4. The van der Waals surface area contributed by atoms with E-state index in [-0.39, 0.29) is 35.8 Å². The first-order valence-electron chi connectivity index (χ1n) is 14.7. The average Bonchev–Trinajstić information content (AvgIpc) is 3.45. The summed E-state index contributed by atoms with van der Waals surface area (Å²) in [4.78, 5) is 38.4. The van der Waals surface area contributed by atoms with Gasteiger partial charge in [0.2, 0.25) is 0 Å². The number of pyridine rings is 1. The first-order chi connectivity index (χ1) is 22.2. The first-order valence-corrected chi connectivity index (χ1v) is 14.7. The molecule has 1 aliphatic carbocycles. The van der Waals surface area contributed by atoms with E-state index >= 15 is 0 Å². The van der Waals surface area contributed by atoms with Gasteiger partial charge in [-0.05, 0) is 49.1 Å². The number of imidazole rings is 1. The Hall–Kier alpha value is -5.46. The van der Waals surface area contributed by atoms with Crippen LogP contribution in [-0.2, 0) is 17.5 Å². The van der Waals surface area contributed by atoms with Gasteiger partial charge in [-0.1, -0.05) is 48.9 Å². The summed E-state index contributed by atoms with van der Waals surface area (Å²) in [6.07, 6.45) is 2.58. The van der Waals surface area contributed by atoms with Crippen LogP contribution in [0.2, 0.25) is 0 Å². The molecule has 0 radical (unpaired) electrons. The monoisotopic (exact) mass is 629 g/mol. The lowest BCUT2D eigenvalue weighted by molar-refractivity contribution is -0.137. The maximum atomic E-state index is 13.1. The van der Waals surface area contributed by atoms with Crippen molar-refractivity contribution < 1.29 is 27.5 Å². The molecular weight excluding hydrogens is 599 g/mol. The van der Waals surface area contributed by atoms with E-state index < -0.39 is 23.7 Å². The number of carbonyl (C=O) groups is 2. The second kappa shape index (κ2) is 12.9. The van der Waals surface area contributed by atoms with Gasteiger partial charge < -0.3 is 21.1 Å². The van der Waals surface area contributed by atoms with Crippen LogP contribution < -0.4 is 16.4 Å². The SMILES string of the molecule is Nc1nccn2c([C@@H]3CCC[C@H](NC(=O)OCc4ccccc4)C3)nc(-c3ccc(C(=O)Nc4cc(C(F)(F)F)ccn4)cc3)c12. The topological polar surface area (TPSA) is 137 Å². The van der Waals surface area contributed by atoms with Crippen molar-refractivity contribution in [2.75, 3.05) is 11.1 Å². The van der Waals surface area contributed by atoms with Crippen LogP contribution >= 0.6 is 0 Å². The molecule has 10 nitrogen and oxygen atoms in total. The lowest BCUT2D eigenvalue weighted by Crippen LogP contribution is -2.38. The highest BCUT2D eigenvalue weighted by Crippen LogP contribution is 2.37. The molecule has 46 heavy (non-hydrogen) atoms. The third kappa shape index (κ3) is 6.77. The van der Waals surface area contributed by atoms with E-state index in [1.54, 1.807) is 36.7 Å². The molecule has 4 N–H and O–H groups in total. The van der Waals surface area contributed by atoms with Gasteiger partial charge in [-0.2, -0.15) is 13.2 Å². The molecule has 0 saturated heterocycles. The minimum atomic E-state index is -4.56. The van der Waals surface area contributed by atoms with E-state index in [9.17, 15) is 22.8 Å². The van der Waals surface area contributed by atoms with Crippen LogP contribution in [-0.4, -0.2) is 37.4 Å². The van der Waals surface area contributed by atoms with Gasteiger partial charge in [0.15, 0.2) is 0 Å². The van der Waals surface area contributed by atoms with Crippen molar-refractivity contribution in [1.29, 1.82) is 0 Å². The van der Waals surface area contributed by atoms with Crippen LogP contribution in [0.5, 0.6) is 0 Å². The number of amides is 2. The number of ether oxygens (including phenoxy) is 1. The Bertz CT molecular complexity index is 1860. The van der Waals surface area contributed by atoms with Crippen LogP contribution in [0.4, 0.5) is 29.6 Å². The quantitative estimate of drug-likeness (QED) is 0.185. The maximum Gasteiger partial charge on any atom is 0.416 e. The molecule has 1 saturated carbocycles. The van der Waals surface area contributed by atoms with Crippen LogP contribution in [0.25, 0.3) is 16.8 Å². The number of alkyl carbamates (subject to hydrolysis) is 1. The highest BCUT2D eigenvalue weighted by molar-refractivity contribution is 6.04. The largest absolute Gasteiger partial charge is 0.445 e. The summed E-state index contributed by atoms with van der Waals surface area (Å²) in [6.45, 7) is 0.186. The van der Waals surface area contributed by atoms with E-state index in [0.717, 1.165) is 49.0 Å². The number of anilines is 2. The number of hydrogen-bond donors (Lipinski definition) is 3. The lowest BCUT2D eigenvalue weighted by atomic mass is 9.85. The fourth-order valence-electron chi connectivity index (χ4n) is 5.71. The van der Waals surface area contributed by atoms with E-state index in [2.05, 4.69) is 20.6 Å². The number of benzene rings is 2. The van der Waals surface area contributed by atoms with Crippen molar-refractivity contribution in [1.82, 2.24) is 24.7 Å². The molecule has 0 spiro atoms. The lowest BCUT2D eigenvalue weighted by Gasteiger charge is -2.28. The van der Waals surface area contributed by atoms with Crippen LogP contribution in [0.15, 0.2) is 85.3 Å². The number of aromatic nitrogens is 4. The minimum absolute atomic E-state index is 0.0150. The van der Waals surface area contributed by atoms with Crippen LogP contribution in [0.3, 0.4) is 0 Å². The fraction of sp³-hybridized carbons (Fsp3) is 0.242. The number of nitrogens with one attached hydrogen (secondary N) is 2. The Labute approximate surface area is 261 Å². The number of halogens is 3. The van der Waals surface area contributed by atoms with Gasteiger partial charge in [-0.15, -0.1) is 0 Å². The zero-order chi connectivity index (χ0) is 32.3. The molecule has 2 aromatic carbocycles. The molecule has 6 rings (SSSR count).